The van der Waals surface area contributed by atoms with Crippen LogP contribution in [0.3, 0.4) is 0 Å². The average Bonchev–Trinajstić information content (AvgIpc) is 3.50. The number of para-hydroxylation sites is 1. The molecule has 4 aromatic rings. The van der Waals surface area contributed by atoms with Crippen LogP contribution in [0.15, 0.2) is 66.9 Å². The lowest BCUT2D eigenvalue weighted by molar-refractivity contribution is 0.0951. The van der Waals surface area contributed by atoms with Crippen LogP contribution in [0, 0.1) is 11.3 Å². The monoisotopic (exact) mass is 394 g/mol. The highest BCUT2D eigenvalue weighted by atomic mass is 16.1. The van der Waals surface area contributed by atoms with E-state index in [4.69, 9.17) is 0 Å². The fraction of sp³-hybridized carbons (Fsp3) is 0.130. The summed E-state index contributed by atoms with van der Waals surface area (Å²) < 4.78 is 1.68. The Hall–Kier alpha value is -4.18. The average molecular weight is 394 g/mol. The summed E-state index contributed by atoms with van der Waals surface area (Å²) in [5.74, 6) is 0.372. The first-order chi connectivity index (χ1) is 14.7. The van der Waals surface area contributed by atoms with Crippen LogP contribution in [0.4, 0.5) is 11.6 Å². The number of amides is 1. The number of carbonyl (C=O) groups is 1. The molecular weight excluding hydrogens is 376 g/mol. The van der Waals surface area contributed by atoms with E-state index in [1.165, 1.54) is 0 Å². The number of anilines is 2. The number of hydrogen-bond acceptors (Lipinski definition) is 5. The van der Waals surface area contributed by atoms with Gasteiger partial charge in [-0.15, -0.1) is 5.10 Å². The summed E-state index contributed by atoms with van der Waals surface area (Å²) in [4.78, 5) is 16.8. The number of nitriles is 1. The zero-order chi connectivity index (χ0) is 20.5. The molecular formula is C23H18N6O. The summed E-state index contributed by atoms with van der Waals surface area (Å²) >= 11 is 0. The Bertz CT molecular complexity index is 1300. The summed E-state index contributed by atoms with van der Waals surface area (Å²) in [5, 5.41) is 19.8. The number of pyridine rings is 1. The highest BCUT2D eigenvalue weighted by molar-refractivity contribution is 5.95. The largest absolute Gasteiger partial charge is 0.349 e. The minimum atomic E-state index is -0.0381. The first kappa shape index (κ1) is 17.9. The lowest BCUT2D eigenvalue weighted by Crippen LogP contribution is -2.25. The topological polar surface area (TPSA) is 95.1 Å². The van der Waals surface area contributed by atoms with Gasteiger partial charge in [-0.25, -0.2) is 4.52 Å². The molecule has 5 rings (SSSR count). The summed E-state index contributed by atoms with van der Waals surface area (Å²) in [6.07, 6.45) is 3.99. The van der Waals surface area contributed by atoms with Gasteiger partial charge in [-0.1, -0.05) is 24.3 Å². The molecule has 2 aromatic carbocycles. The van der Waals surface area contributed by atoms with Gasteiger partial charge >= 0.3 is 0 Å². The number of benzene rings is 2. The number of fused-ring (bicyclic) bond motifs is 1. The van der Waals surface area contributed by atoms with E-state index >= 15 is 0 Å². The van der Waals surface area contributed by atoms with Gasteiger partial charge in [0.25, 0.3) is 5.91 Å². The number of nitrogens with zero attached hydrogens (tertiary/aromatic N) is 4. The molecule has 2 N–H and O–H groups in total. The Morgan fingerprint density at radius 1 is 1.07 bits per heavy atom. The summed E-state index contributed by atoms with van der Waals surface area (Å²) in [6, 6.07) is 21.1. The van der Waals surface area contributed by atoms with Gasteiger partial charge < -0.3 is 10.6 Å². The van der Waals surface area contributed by atoms with Gasteiger partial charge in [-0.3, -0.25) is 4.79 Å². The molecule has 7 heteroatoms. The van der Waals surface area contributed by atoms with E-state index in [9.17, 15) is 10.1 Å². The van der Waals surface area contributed by atoms with Crippen molar-refractivity contribution in [2.24, 2.45) is 0 Å². The molecule has 0 radical (unpaired) electrons. The molecule has 0 atom stereocenters. The van der Waals surface area contributed by atoms with Gasteiger partial charge in [0.1, 0.15) is 6.07 Å². The third-order valence-corrected chi connectivity index (χ3v) is 5.00. The summed E-state index contributed by atoms with van der Waals surface area (Å²) in [5.41, 5.74) is 4.37. The van der Waals surface area contributed by atoms with E-state index in [2.05, 4.69) is 26.8 Å². The predicted octanol–water partition coefficient (Wildman–Crippen LogP) is 3.90. The number of carbonyl (C=O) groups excluding carboxylic acids is 1. The molecule has 0 spiro atoms. The third-order valence-electron chi connectivity index (χ3n) is 5.00. The Kier molecular flexibility index (Phi) is 4.37. The highest BCUT2D eigenvalue weighted by Crippen LogP contribution is 2.24. The molecule has 0 unspecified atom stereocenters. The van der Waals surface area contributed by atoms with Crippen LogP contribution in [0.25, 0.3) is 16.8 Å². The Morgan fingerprint density at radius 3 is 2.77 bits per heavy atom. The molecule has 1 amide bonds. The standard InChI is InChI=1S/C23H18N6O/c24-13-17-4-1-2-7-20(17)26-23-27-21-11-8-18(14-29(21)28-23)15-5-3-6-16(12-15)22(30)25-19-9-10-19/h1-8,11-12,14,19H,9-10H2,(H,25,30)(H,26,28). The van der Waals surface area contributed by atoms with Crippen LogP contribution in [0.5, 0.6) is 0 Å². The van der Waals surface area contributed by atoms with Crippen molar-refractivity contribution in [3.63, 3.8) is 0 Å². The van der Waals surface area contributed by atoms with Crippen LogP contribution in [0.2, 0.25) is 0 Å². The molecule has 1 aliphatic rings. The fourth-order valence-electron chi connectivity index (χ4n) is 3.25. The normalized spacial score (nSPS) is 13.0. The Balaban J connectivity index is 1.43. The summed E-state index contributed by atoms with van der Waals surface area (Å²) in [6.45, 7) is 0. The van der Waals surface area contributed by atoms with E-state index < -0.39 is 0 Å². The van der Waals surface area contributed by atoms with Crippen molar-refractivity contribution >= 4 is 23.2 Å². The van der Waals surface area contributed by atoms with Gasteiger partial charge in [-0.2, -0.15) is 10.2 Å². The Morgan fingerprint density at radius 2 is 1.93 bits per heavy atom. The molecule has 0 bridgehead atoms. The molecule has 1 saturated carbocycles. The van der Waals surface area contributed by atoms with Crippen molar-refractivity contribution in [3.05, 3.63) is 78.0 Å². The SMILES string of the molecule is N#Cc1ccccc1Nc1nc2ccc(-c3cccc(C(=O)NC4CC4)c3)cn2n1. The molecule has 2 aromatic heterocycles. The highest BCUT2D eigenvalue weighted by Gasteiger charge is 2.23. The minimum absolute atomic E-state index is 0.0381. The van der Waals surface area contributed by atoms with Crippen LogP contribution in [-0.4, -0.2) is 26.5 Å². The maximum atomic E-state index is 12.4. The second kappa shape index (κ2) is 7.33. The third kappa shape index (κ3) is 3.59. The smallest absolute Gasteiger partial charge is 0.251 e. The van der Waals surface area contributed by atoms with Crippen LogP contribution in [0.1, 0.15) is 28.8 Å². The van der Waals surface area contributed by atoms with Crippen molar-refractivity contribution < 1.29 is 4.79 Å². The molecule has 0 saturated heterocycles. The van der Waals surface area contributed by atoms with E-state index in [-0.39, 0.29) is 5.91 Å². The number of aromatic nitrogens is 3. The quantitative estimate of drug-likeness (QED) is 0.535. The zero-order valence-electron chi connectivity index (χ0n) is 16.0. The van der Waals surface area contributed by atoms with Crippen molar-refractivity contribution in [2.45, 2.75) is 18.9 Å². The molecule has 0 aliphatic heterocycles. The van der Waals surface area contributed by atoms with Gasteiger partial charge in [0, 0.05) is 23.4 Å². The lowest BCUT2D eigenvalue weighted by Gasteiger charge is -2.06. The van der Waals surface area contributed by atoms with Crippen LogP contribution in [-0.2, 0) is 0 Å². The van der Waals surface area contributed by atoms with Crippen LogP contribution < -0.4 is 10.6 Å². The number of nitrogens with one attached hydrogen (secondary N) is 2. The van der Waals surface area contributed by atoms with Crippen molar-refractivity contribution in [2.75, 3.05) is 5.32 Å². The lowest BCUT2D eigenvalue weighted by atomic mass is 10.0. The van der Waals surface area contributed by atoms with Crippen molar-refractivity contribution in [1.29, 1.82) is 5.26 Å². The summed E-state index contributed by atoms with van der Waals surface area (Å²) in [7, 11) is 0. The number of hydrogen-bond donors (Lipinski definition) is 2. The van der Waals surface area contributed by atoms with E-state index in [1.807, 2.05) is 60.8 Å². The van der Waals surface area contributed by atoms with E-state index in [0.717, 1.165) is 24.0 Å². The maximum absolute atomic E-state index is 12.4. The fourth-order valence-corrected chi connectivity index (χ4v) is 3.25. The Labute approximate surface area is 173 Å². The van der Waals surface area contributed by atoms with Gasteiger partial charge in [0.05, 0.1) is 11.3 Å². The van der Waals surface area contributed by atoms with E-state index in [0.29, 0.717) is 34.5 Å². The predicted molar refractivity (Wildman–Crippen MR) is 113 cm³/mol. The second-order valence-electron chi connectivity index (χ2n) is 7.27. The molecule has 30 heavy (non-hydrogen) atoms. The van der Waals surface area contributed by atoms with Gasteiger partial charge in [-0.05, 0) is 54.8 Å². The van der Waals surface area contributed by atoms with Crippen molar-refractivity contribution in [3.8, 4) is 17.2 Å². The maximum Gasteiger partial charge on any atom is 0.251 e. The molecule has 1 fully saturated rings. The van der Waals surface area contributed by atoms with Crippen molar-refractivity contribution in [1.82, 2.24) is 19.9 Å². The minimum Gasteiger partial charge on any atom is -0.349 e. The van der Waals surface area contributed by atoms with Gasteiger partial charge in [0.15, 0.2) is 5.65 Å². The molecule has 2 heterocycles. The molecule has 146 valence electrons. The zero-order valence-corrected chi connectivity index (χ0v) is 16.0. The van der Waals surface area contributed by atoms with E-state index in [1.54, 1.807) is 10.6 Å². The molecule has 1 aliphatic carbocycles. The first-order valence-corrected chi connectivity index (χ1v) is 9.73. The first-order valence-electron chi connectivity index (χ1n) is 9.73. The molecule has 7 nitrogen and oxygen atoms in total. The second-order valence-corrected chi connectivity index (χ2v) is 7.27. The number of rotatable bonds is 5. The van der Waals surface area contributed by atoms with Crippen LogP contribution >= 0.6 is 0 Å². The van der Waals surface area contributed by atoms with Gasteiger partial charge in [0.2, 0.25) is 5.95 Å².